The standard InChI is InChI=1S/C6H5F9O2.C4H4F6O/c7-1(4(10,11)3(9)16)2(8)5(12,13)6(14,15)17;5-2(6)4(9,10)3(7,8)1-11/h1-3,16-17H;2,11H,1H2. The predicted molar refractivity (Wildman–Crippen MR) is 57.0 cm³/mol. The van der Waals surface area contributed by atoms with Crippen LogP contribution in [0.3, 0.4) is 0 Å². The second-order valence-corrected chi connectivity index (χ2v) is 4.76. The van der Waals surface area contributed by atoms with E-state index in [2.05, 4.69) is 0 Å². The SMILES string of the molecule is OC(F)C(F)(F)C(F)C(F)C(F)(F)C(O)(F)F.OCC(F)(F)C(F)(F)C(F)F. The molecule has 172 valence electrons. The number of hydrogen-bond acceptors (Lipinski definition) is 3. The lowest BCUT2D eigenvalue weighted by Gasteiger charge is -2.30. The summed E-state index contributed by atoms with van der Waals surface area (Å²) in [6, 6.07) is 0. The molecule has 0 spiro atoms. The van der Waals surface area contributed by atoms with Crippen molar-refractivity contribution in [2.24, 2.45) is 0 Å². The van der Waals surface area contributed by atoms with Crippen LogP contribution in [0.4, 0.5) is 65.9 Å². The molecule has 0 fully saturated rings. The highest BCUT2D eigenvalue weighted by Crippen LogP contribution is 2.42. The topological polar surface area (TPSA) is 60.7 Å². The molecule has 0 aromatic rings. The summed E-state index contributed by atoms with van der Waals surface area (Å²) in [5, 5.41) is 22.7. The van der Waals surface area contributed by atoms with Gasteiger partial charge in [-0.3, -0.25) is 0 Å². The first kappa shape index (κ1) is 29.0. The second kappa shape index (κ2) is 9.10. The van der Waals surface area contributed by atoms with Crippen molar-refractivity contribution in [2.75, 3.05) is 6.61 Å². The van der Waals surface area contributed by atoms with Crippen LogP contribution in [0.5, 0.6) is 0 Å². The van der Waals surface area contributed by atoms with Crippen molar-refractivity contribution in [1.82, 2.24) is 0 Å². The average Bonchev–Trinajstić information content (AvgIpc) is 2.52. The fourth-order valence-corrected chi connectivity index (χ4v) is 0.941. The highest BCUT2D eigenvalue weighted by atomic mass is 19.3. The molecule has 0 aliphatic carbocycles. The van der Waals surface area contributed by atoms with Crippen LogP contribution in [0, 0.1) is 0 Å². The van der Waals surface area contributed by atoms with Crippen molar-refractivity contribution in [3.05, 3.63) is 0 Å². The van der Waals surface area contributed by atoms with Crippen molar-refractivity contribution >= 4 is 0 Å². The summed E-state index contributed by atoms with van der Waals surface area (Å²) in [6.45, 7) is -2.30. The largest absolute Gasteiger partial charge is 0.420 e. The Balaban J connectivity index is 0. The molecule has 0 saturated carbocycles. The molecule has 0 aromatic carbocycles. The minimum Gasteiger partial charge on any atom is -0.390 e. The highest BCUT2D eigenvalue weighted by Gasteiger charge is 2.68. The molecule has 0 rings (SSSR count). The normalized spacial score (nSPS) is 17.7. The van der Waals surface area contributed by atoms with Crippen molar-refractivity contribution in [3.8, 4) is 0 Å². The molecule has 3 N–H and O–H groups in total. The Morgan fingerprint density at radius 2 is 1.00 bits per heavy atom. The highest BCUT2D eigenvalue weighted by molar-refractivity contribution is 4.95. The van der Waals surface area contributed by atoms with E-state index in [9.17, 15) is 65.9 Å². The molecule has 0 saturated heterocycles. The minimum absolute atomic E-state index is 2.30. The number of rotatable bonds is 8. The van der Waals surface area contributed by atoms with E-state index >= 15 is 0 Å². The van der Waals surface area contributed by atoms with Crippen LogP contribution in [-0.4, -0.2) is 76.9 Å². The molecule has 3 atom stereocenters. The Morgan fingerprint density at radius 3 is 1.18 bits per heavy atom. The third-order valence-corrected chi connectivity index (χ3v) is 2.65. The van der Waals surface area contributed by atoms with Crippen LogP contribution in [-0.2, 0) is 0 Å². The Hall–Kier alpha value is -1.17. The maximum absolute atomic E-state index is 12.4. The van der Waals surface area contributed by atoms with Gasteiger partial charge in [0.05, 0.1) is 0 Å². The van der Waals surface area contributed by atoms with E-state index in [1.54, 1.807) is 0 Å². The Bertz CT molecular complexity index is 475. The Morgan fingerprint density at radius 1 is 0.643 bits per heavy atom. The van der Waals surface area contributed by atoms with Crippen molar-refractivity contribution in [2.45, 2.75) is 54.9 Å². The van der Waals surface area contributed by atoms with Crippen LogP contribution in [0.2, 0.25) is 0 Å². The molecular weight excluding hydrogens is 453 g/mol. The van der Waals surface area contributed by atoms with Gasteiger partial charge in [0.2, 0.25) is 12.3 Å². The van der Waals surface area contributed by atoms with Crippen LogP contribution in [0.15, 0.2) is 0 Å². The number of aliphatic hydroxyl groups is 3. The zero-order valence-corrected chi connectivity index (χ0v) is 12.5. The lowest BCUT2D eigenvalue weighted by molar-refractivity contribution is -0.355. The Labute approximate surface area is 144 Å². The van der Waals surface area contributed by atoms with Gasteiger partial charge in [-0.15, -0.1) is 0 Å². The molecule has 0 aliphatic rings. The van der Waals surface area contributed by atoms with E-state index in [1.807, 2.05) is 0 Å². The molecule has 0 bridgehead atoms. The summed E-state index contributed by atoms with van der Waals surface area (Å²) in [5.74, 6) is -22.4. The van der Waals surface area contributed by atoms with Crippen molar-refractivity contribution in [3.63, 3.8) is 0 Å². The number of hydrogen-bond donors (Lipinski definition) is 3. The van der Waals surface area contributed by atoms with Gasteiger partial charge in [0.25, 0.3) is 6.36 Å². The van der Waals surface area contributed by atoms with Crippen LogP contribution >= 0.6 is 0 Å². The fourth-order valence-electron chi connectivity index (χ4n) is 0.941. The zero-order chi connectivity index (χ0) is 23.5. The van der Waals surface area contributed by atoms with E-state index in [1.165, 1.54) is 0 Å². The summed E-state index contributed by atoms with van der Waals surface area (Å²) in [4.78, 5) is 0. The summed E-state index contributed by atoms with van der Waals surface area (Å²) < 4.78 is 178. The monoisotopic (exact) mass is 462 g/mol. The van der Waals surface area contributed by atoms with E-state index < -0.39 is 61.5 Å². The van der Waals surface area contributed by atoms with Gasteiger partial charge in [-0.1, -0.05) is 0 Å². The maximum atomic E-state index is 12.4. The van der Waals surface area contributed by atoms with Crippen molar-refractivity contribution in [1.29, 1.82) is 0 Å². The molecule has 0 amide bonds. The molecule has 0 aliphatic heterocycles. The van der Waals surface area contributed by atoms with Crippen molar-refractivity contribution < 1.29 is 81.2 Å². The lowest BCUT2D eigenvalue weighted by Crippen LogP contribution is -2.57. The first-order valence-electron chi connectivity index (χ1n) is 6.12. The minimum atomic E-state index is -6.22. The average molecular weight is 462 g/mol. The first-order valence-corrected chi connectivity index (χ1v) is 6.12. The smallest absolute Gasteiger partial charge is 0.390 e. The van der Waals surface area contributed by atoms with Gasteiger partial charge in [0.1, 0.15) is 6.61 Å². The van der Waals surface area contributed by atoms with Gasteiger partial charge in [0, 0.05) is 0 Å². The first-order chi connectivity index (χ1) is 12.0. The number of alkyl halides is 15. The predicted octanol–water partition coefficient (Wildman–Crippen LogP) is 3.32. The third-order valence-electron chi connectivity index (χ3n) is 2.65. The van der Waals surface area contributed by atoms with Crippen LogP contribution in [0.25, 0.3) is 0 Å². The Kier molecular flexibility index (Phi) is 9.44. The molecule has 0 heterocycles. The molecule has 28 heavy (non-hydrogen) atoms. The summed E-state index contributed by atoms with van der Waals surface area (Å²) in [5.41, 5.74) is 0. The van der Waals surface area contributed by atoms with E-state index in [4.69, 9.17) is 15.3 Å². The third kappa shape index (κ3) is 6.16. The van der Waals surface area contributed by atoms with E-state index in [0.29, 0.717) is 0 Å². The van der Waals surface area contributed by atoms with Gasteiger partial charge in [-0.2, -0.15) is 43.9 Å². The van der Waals surface area contributed by atoms with Gasteiger partial charge in [-0.05, 0) is 0 Å². The number of aliphatic hydroxyl groups excluding tert-OH is 2. The van der Waals surface area contributed by atoms with Crippen LogP contribution < -0.4 is 0 Å². The molecule has 0 radical (unpaired) electrons. The maximum Gasteiger partial charge on any atom is 0.420 e. The molecule has 3 nitrogen and oxygen atoms in total. The van der Waals surface area contributed by atoms with E-state index in [0.717, 1.165) is 0 Å². The quantitative estimate of drug-likeness (QED) is 0.486. The second-order valence-electron chi connectivity index (χ2n) is 4.76. The molecule has 18 heteroatoms. The molecule has 0 aromatic heterocycles. The summed E-state index contributed by atoms with van der Waals surface area (Å²) >= 11 is 0. The fraction of sp³-hybridized carbons (Fsp3) is 1.00. The van der Waals surface area contributed by atoms with Gasteiger partial charge in [-0.25, -0.2) is 22.0 Å². The summed E-state index contributed by atoms with van der Waals surface area (Å²) in [6.07, 6.45) is -24.7. The molecular formula is C10H9F15O3. The summed E-state index contributed by atoms with van der Waals surface area (Å²) in [7, 11) is 0. The van der Waals surface area contributed by atoms with Gasteiger partial charge in [0.15, 0.2) is 0 Å². The van der Waals surface area contributed by atoms with Crippen LogP contribution in [0.1, 0.15) is 0 Å². The molecule has 3 unspecified atom stereocenters. The van der Waals surface area contributed by atoms with Gasteiger partial charge >= 0.3 is 36.2 Å². The lowest BCUT2D eigenvalue weighted by atomic mass is 10.0. The number of halogens is 15. The van der Waals surface area contributed by atoms with Gasteiger partial charge < -0.3 is 15.3 Å². The van der Waals surface area contributed by atoms with E-state index in [-0.39, 0.29) is 0 Å². The zero-order valence-electron chi connectivity index (χ0n) is 12.5.